The summed E-state index contributed by atoms with van der Waals surface area (Å²) in [6.07, 6.45) is 1.55. The standard InChI is InChI=1S/C7H14N4S/c1-2-12-4-3-11-7(5-8)9-6-10-11/h6H,2-5,8H2,1H3. The Labute approximate surface area is 76.5 Å². The molecule has 0 aromatic carbocycles. The zero-order valence-electron chi connectivity index (χ0n) is 7.23. The molecule has 1 aromatic rings. The van der Waals surface area contributed by atoms with E-state index in [2.05, 4.69) is 17.0 Å². The second-order valence-electron chi connectivity index (χ2n) is 2.30. The van der Waals surface area contributed by atoms with E-state index >= 15 is 0 Å². The van der Waals surface area contributed by atoms with E-state index in [0.717, 1.165) is 23.9 Å². The summed E-state index contributed by atoms with van der Waals surface area (Å²) < 4.78 is 1.86. The van der Waals surface area contributed by atoms with Crippen LogP contribution in [0.25, 0.3) is 0 Å². The summed E-state index contributed by atoms with van der Waals surface area (Å²) in [6, 6.07) is 0. The number of aromatic nitrogens is 3. The highest BCUT2D eigenvalue weighted by Crippen LogP contribution is 2.00. The lowest BCUT2D eigenvalue weighted by Crippen LogP contribution is -2.11. The smallest absolute Gasteiger partial charge is 0.140 e. The molecular formula is C7H14N4S. The Bertz CT molecular complexity index is 223. The van der Waals surface area contributed by atoms with Crippen LogP contribution in [-0.4, -0.2) is 26.3 Å². The SMILES string of the molecule is CCSCCn1ncnc1CN. The highest BCUT2D eigenvalue weighted by molar-refractivity contribution is 7.99. The van der Waals surface area contributed by atoms with Gasteiger partial charge in [-0.2, -0.15) is 16.9 Å². The van der Waals surface area contributed by atoms with Crippen molar-refractivity contribution < 1.29 is 0 Å². The predicted octanol–water partition coefficient (Wildman–Crippen LogP) is 0.490. The monoisotopic (exact) mass is 186 g/mol. The fraction of sp³-hybridized carbons (Fsp3) is 0.714. The van der Waals surface area contributed by atoms with E-state index < -0.39 is 0 Å². The largest absolute Gasteiger partial charge is 0.324 e. The molecule has 1 rings (SSSR count). The fourth-order valence-corrected chi connectivity index (χ4v) is 1.52. The van der Waals surface area contributed by atoms with Crippen LogP contribution in [0.15, 0.2) is 6.33 Å². The average molecular weight is 186 g/mol. The van der Waals surface area contributed by atoms with Crippen molar-refractivity contribution in [1.82, 2.24) is 14.8 Å². The third-order valence-corrected chi connectivity index (χ3v) is 2.41. The van der Waals surface area contributed by atoms with Crippen LogP contribution in [0.3, 0.4) is 0 Å². The topological polar surface area (TPSA) is 56.7 Å². The highest BCUT2D eigenvalue weighted by Gasteiger charge is 1.99. The number of nitrogens with zero attached hydrogens (tertiary/aromatic N) is 3. The van der Waals surface area contributed by atoms with E-state index in [4.69, 9.17) is 5.73 Å². The molecule has 0 radical (unpaired) electrons. The number of aryl methyl sites for hydroxylation is 1. The maximum atomic E-state index is 5.47. The predicted molar refractivity (Wildman–Crippen MR) is 50.9 cm³/mol. The fourth-order valence-electron chi connectivity index (χ4n) is 0.928. The zero-order chi connectivity index (χ0) is 8.81. The minimum absolute atomic E-state index is 0.469. The van der Waals surface area contributed by atoms with Gasteiger partial charge in [0, 0.05) is 5.75 Å². The van der Waals surface area contributed by atoms with Crippen molar-refractivity contribution in [3.63, 3.8) is 0 Å². The summed E-state index contributed by atoms with van der Waals surface area (Å²) >= 11 is 1.90. The molecule has 0 aliphatic carbocycles. The molecule has 1 aromatic heterocycles. The quantitative estimate of drug-likeness (QED) is 0.680. The van der Waals surface area contributed by atoms with Crippen molar-refractivity contribution in [1.29, 1.82) is 0 Å². The van der Waals surface area contributed by atoms with Gasteiger partial charge in [-0.1, -0.05) is 6.92 Å². The molecule has 4 nitrogen and oxygen atoms in total. The summed E-state index contributed by atoms with van der Waals surface area (Å²) in [4.78, 5) is 4.03. The molecule has 0 spiro atoms. The molecule has 1 heterocycles. The molecule has 0 saturated carbocycles. The third kappa shape index (κ3) is 2.49. The summed E-state index contributed by atoms with van der Waals surface area (Å²) in [5, 5.41) is 4.07. The van der Waals surface area contributed by atoms with Crippen LogP contribution < -0.4 is 5.73 Å². The van der Waals surface area contributed by atoms with Crippen molar-refractivity contribution >= 4 is 11.8 Å². The average Bonchev–Trinajstić information content (AvgIpc) is 2.52. The van der Waals surface area contributed by atoms with Crippen LogP contribution in [0.1, 0.15) is 12.7 Å². The van der Waals surface area contributed by atoms with Crippen molar-refractivity contribution in [2.75, 3.05) is 11.5 Å². The van der Waals surface area contributed by atoms with E-state index in [0.29, 0.717) is 6.54 Å². The van der Waals surface area contributed by atoms with Crippen LogP contribution in [0, 0.1) is 0 Å². The number of thioether (sulfide) groups is 1. The Kier molecular flexibility index (Phi) is 4.10. The number of rotatable bonds is 5. The summed E-state index contributed by atoms with van der Waals surface area (Å²) in [5.74, 6) is 3.09. The van der Waals surface area contributed by atoms with Crippen molar-refractivity contribution in [3.8, 4) is 0 Å². The van der Waals surface area contributed by atoms with Crippen LogP contribution in [0.5, 0.6) is 0 Å². The highest BCUT2D eigenvalue weighted by atomic mass is 32.2. The van der Waals surface area contributed by atoms with E-state index in [-0.39, 0.29) is 0 Å². The molecule has 0 aliphatic heterocycles. The number of nitrogens with two attached hydrogens (primary N) is 1. The summed E-state index contributed by atoms with van der Waals surface area (Å²) in [7, 11) is 0. The first-order valence-electron chi connectivity index (χ1n) is 4.03. The molecule has 0 aliphatic rings. The van der Waals surface area contributed by atoms with Gasteiger partial charge in [-0.15, -0.1) is 0 Å². The second kappa shape index (κ2) is 5.16. The van der Waals surface area contributed by atoms with Gasteiger partial charge in [0.25, 0.3) is 0 Å². The molecule has 5 heteroatoms. The van der Waals surface area contributed by atoms with Crippen LogP contribution >= 0.6 is 11.8 Å². The van der Waals surface area contributed by atoms with E-state index in [1.807, 2.05) is 16.4 Å². The molecule has 0 atom stereocenters. The van der Waals surface area contributed by atoms with Gasteiger partial charge in [0.1, 0.15) is 12.2 Å². The first-order chi connectivity index (χ1) is 5.88. The van der Waals surface area contributed by atoms with Gasteiger partial charge < -0.3 is 5.73 Å². The van der Waals surface area contributed by atoms with Gasteiger partial charge in [0.2, 0.25) is 0 Å². The Morgan fingerprint density at radius 1 is 1.67 bits per heavy atom. The van der Waals surface area contributed by atoms with Crippen molar-refractivity contribution in [2.24, 2.45) is 5.73 Å². The van der Waals surface area contributed by atoms with E-state index in [1.54, 1.807) is 6.33 Å². The Hall–Kier alpha value is -0.550. The minimum Gasteiger partial charge on any atom is -0.324 e. The molecule has 0 amide bonds. The zero-order valence-corrected chi connectivity index (χ0v) is 8.05. The molecule has 68 valence electrons. The number of hydrogen-bond donors (Lipinski definition) is 1. The minimum atomic E-state index is 0.469. The van der Waals surface area contributed by atoms with Crippen LogP contribution in [0.2, 0.25) is 0 Å². The molecule has 0 fully saturated rings. The molecule has 0 unspecified atom stereocenters. The van der Waals surface area contributed by atoms with Gasteiger partial charge in [0.15, 0.2) is 0 Å². The Morgan fingerprint density at radius 2 is 2.50 bits per heavy atom. The van der Waals surface area contributed by atoms with Crippen molar-refractivity contribution in [2.45, 2.75) is 20.0 Å². The number of hydrogen-bond acceptors (Lipinski definition) is 4. The normalized spacial score (nSPS) is 10.5. The summed E-state index contributed by atoms with van der Waals surface area (Å²) in [5.41, 5.74) is 5.47. The molecule has 0 saturated heterocycles. The lowest BCUT2D eigenvalue weighted by atomic mass is 10.6. The van der Waals surface area contributed by atoms with Crippen LogP contribution in [-0.2, 0) is 13.1 Å². The molecule has 0 bridgehead atoms. The van der Waals surface area contributed by atoms with Crippen LogP contribution in [0.4, 0.5) is 0 Å². The maximum Gasteiger partial charge on any atom is 0.140 e. The maximum absolute atomic E-state index is 5.47. The van der Waals surface area contributed by atoms with Crippen molar-refractivity contribution in [3.05, 3.63) is 12.2 Å². The Balaban J connectivity index is 2.39. The van der Waals surface area contributed by atoms with Gasteiger partial charge in [0.05, 0.1) is 13.1 Å². The molecule has 12 heavy (non-hydrogen) atoms. The molecule has 2 N–H and O–H groups in total. The lowest BCUT2D eigenvalue weighted by molar-refractivity contribution is 0.622. The lowest BCUT2D eigenvalue weighted by Gasteiger charge is -2.02. The van der Waals surface area contributed by atoms with Gasteiger partial charge in [-0.25, -0.2) is 9.67 Å². The first-order valence-corrected chi connectivity index (χ1v) is 5.18. The van der Waals surface area contributed by atoms with E-state index in [9.17, 15) is 0 Å². The van der Waals surface area contributed by atoms with Gasteiger partial charge >= 0.3 is 0 Å². The summed E-state index contributed by atoms with van der Waals surface area (Å²) in [6.45, 7) is 3.53. The second-order valence-corrected chi connectivity index (χ2v) is 3.69. The van der Waals surface area contributed by atoms with E-state index in [1.165, 1.54) is 0 Å². The molecular weight excluding hydrogens is 172 g/mol. The first kappa shape index (κ1) is 9.54. The third-order valence-electron chi connectivity index (χ3n) is 1.53. The van der Waals surface area contributed by atoms with Gasteiger partial charge in [-0.3, -0.25) is 0 Å². The Morgan fingerprint density at radius 3 is 3.17 bits per heavy atom. The van der Waals surface area contributed by atoms with Gasteiger partial charge in [-0.05, 0) is 5.75 Å².